The lowest BCUT2D eigenvalue weighted by atomic mass is 9.78. The fourth-order valence-corrected chi connectivity index (χ4v) is 6.30. The van der Waals surface area contributed by atoms with E-state index < -0.39 is 11.6 Å². The number of amides is 1. The Bertz CT molecular complexity index is 1200. The molecule has 8 heteroatoms. The number of benzene rings is 2. The Morgan fingerprint density at radius 2 is 1.75 bits per heavy atom. The maximum absolute atomic E-state index is 13.4. The van der Waals surface area contributed by atoms with E-state index in [2.05, 4.69) is 39.4 Å². The Hall–Kier alpha value is -2.84. The number of nitrogens with one attached hydrogen (secondary N) is 1. The first-order valence-electron chi connectivity index (χ1n) is 12.8. The van der Waals surface area contributed by atoms with Crippen LogP contribution in [0.4, 0.5) is 14.6 Å². The third-order valence-electron chi connectivity index (χ3n) is 7.44. The zero-order valence-electron chi connectivity index (χ0n) is 20.3. The highest BCUT2D eigenvalue weighted by Gasteiger charge is 2.29. The van der Waals surface area contributed by atoms with Gasteiger partial charge in [0.05, 0.1) is 4.70 Å². The second kappa shape index (κ2) is 11.5. The Kier molecular flexibility index (Phi) is 7.92. The molecule has 2 atom stereocenters. The first kappa shape index (κ1) is 24.8. The largest absolute Gasteiger partial charge is 0.353 e. The Labute approximate surface area is 215 Å². The fraction of sp³-hybridized carbons (Fsp3) is 0.429. The lowest BCUT2D eigenvalue weighted by Gasteiger charge is -2.40. The first-order chi connectivity index (χ1) is 17.5. The van der Waals surface area contributed by atoms with E-state index in [1.165, 1.54) is 53.6 Å². The van der Waals surface area contributed by atoms with Crippen LogP contribution in [-0.4, -0.2) is 54.4 Å². The average molecular weight is 511 g/mol. The maximum Gasteiger partial charge on any atom is 0.244 e. The molecule has 0 spiro atoms. The highest BCUT2D eigenvalue weighted by molar-refractivity contribution is 7.13. The molecule has 2 aliphatic rings. The van der Waals surface area contributed by atoms with Gasteiger partial charge in [0.15, 0.2) is 0 Å². The summed E-state index contributed by atoms with van der Waals surface area (Å²) < 4.78 is 32.7. The number of rotatable bonds is 7. The molecule has 1 aliphatic carbocycles. The van der Waals surface area contributed by atoms with Crippen LogP contribution in [0.15, 0.2) is 48.5 Å². The van der Waals surface area contributed by atoms with Gasteiger partial charge < -0.3 is 10.2 Å². The number of fused-ring (bicyclic) bond motifs is 1. The summed E-state index contributed by atoms with van der Waals surface area (Å²) in [4.78, 5) is 17.3. The Balaban J connectivity index is 1.11. The van der Waals surface area contributed by atoms with Crippen LogP contribution in [0.1, 0.15) is 31.2 Å². The van der Waals surface area contributed by atoms with Crippen molar-refractivity contribution in [3.05, 3.63) is 65.7 Å². The summed E-state index contributed by atoms with van der Waals surface area (Å²) in [6.45, 7) is 5.70. The van der Waals surface area contributed by atoms with Gasteiger partial charge in [0.25, 0.3) is 0 Å². The molecule has 1 aliphatic heterocycles. The molecule has 3 aromatic rings. The van der Waals surface area contributed by atoms with Gasteiger partial charge in [-0.05, 0) is 72.1 Å². The average Bonchev–Trinajstić information content (AvgIpc) is 3.31. The number of hydrogen-bond acceptors (Lipinski definition) is 5. The third kappa shape index (κ3) is 6.10. The van der Waals surface area contributed by atoms with Gasteiger partial charge in [0.1, 0.15) is 17.5 Å². The van der Waals surface area contributed by atoms with Crippen LogP contribution in [0.2, 0.25) is 0 Å². The molecule has 190 valence electrons. The molecule has 1 aromatic heterocycles. The van der Waals surface area contributed by atoms with Gasteiger partial charge >= 0.3 is 0 Å². The van der Waals surface area contributed by atoms with E-state index in [-0.39, 0.29) is 5.91 Å². The van der Waals surface area contributed by atoms with E-state index in [0.717, 1.165) is 51.0 Å². The number of aromatic nitrogens is 1. The normalized spacial score (nSPS) is 21.3. The summed E-state index contributed by atoms with van der Waals surface area (Å²) in [5, 5.41) is 4.26. The summed E-state index contributed by atoms with van der Waals surface area (Å²) in [6, 6.07) is 11.7. The second-order valence-electron chi connectivity index (χ2n) is 9.88. The van der Waals surface area contributed by atoms with Gasteiger partial charge in [-0.3, -0.25) is 9.69 Å². The van der Waals surface area contributed by atoms with Crippen molar-refractivity contribution in [3.63, 3.8) is 0 Å². The van der Waals surface area contributed by atoms with Crippen molar-refractivity contribution in [2.75, 3.05) is 44.2 Å². The molecule has 1 saturated carbocycles. The van der Waals surface area contributed by atoms with E-state index in [0.29, 0.717) is 23.9 Å². The molecule has 5 rings (SSSR count). The monoisotopic (exact) mass is 510 g/mol. The van der Waals surface area contributed by atoms with Crippen LogP contribution in [0.3, 0.4) is 0 Å². The van der Waals surface area contributed by atoms with Gasteiger partial charge in [-0.2, -0.15) is 4.37 Å². The minimum Gasteiger partial charge on any atom is -0.353 e. The molecular formula is C28H32F2N4OS. The zero-order chi connectivity index (χ0) is 24.9. The lowest BCUT2D eigenvalue weighted by molar-refractivity contribution is -0.116. The van der Waals surface area contributed by atoms with Gasteiger partial charge in [-0.25, -0.2) is 8.78 Å². The van der Waals surface area contributed by atoms with Gasteiger partial charge in [-0.15, -0.1) is 0 Å². The molecule has 1 amide bonds. The number of hydrogen-bond donors (Lipinski definition) is 1. The third-order valence-corrected chi connectivity index (χ3v) is 8.26. The van der Waals surface area contributed by atoms with Crippen molar-refractivity contribution in [1.82, 2.24) is 14.6 Å². The molecule has 1 saturated heterocycles. The van der Waals surface area contributed by atoms with Crippen LogP contribution in [-0.2, 0) is 4.79 Å². The van der Waals surface area contributed by atoms with Crippen LogP contribution in [0.5, 0.6) is 0 Å². The summed E-state index contributed by atoms with van der Waals surface area (Å²) in [5.74, 6) is 0.590. The minimum atomic E-state index is -0.652. The van der Waals surface area contributed by atoms with Crippen molar-refractivity contribution in [2.24, 2.45) is 11.8 Å². The van der Waals surface area contributed by atoms with Crippen LogP contribution < -0.4 is 10.2 Å². The quantitative estimate of drug-likeness (QED) is 0.437. The zero-order valence-corrected chi connectivity index (χ0v) is 21.2. The number of carbonyl (C=O) groups excluding carboxylic acids is 1. The van der Waals surface area contributed by atoms with Gasteiger partial charge in [0, 0.05) is 56.8 Å². The summed E-state index contributed by atoms with van der Waals surface area (Å²) >= 11 is 1.57. The molecule has 1 N–H and O–H groups in total. The standard InChI is InChI=1S/C28H32F2N4OS/c29-23-15-20(16-24(30)17-23)9-10-27(35)31-18-21-5-1-2-6-22(21)19-33-11-13-34(14-12-33)28-25-7-3-4-8-26(25)36-32-28/h3-4,7-10,15-17,21-22H,1-2,5-6,11-14,18-19H2,(H,31,35)/t21-,22-/m1/s1. The minimum absolute atomic E-state index is 0.229. The Morgan fingerprint density at radius 1 is 1.03 bits per heavy atom. The van der Waals surface area contributed by atoms with Gasteiger partial charge in [0.2, 0.25) is 5.91 Å². The number of halogens is 2. The summed E-state index contributed by atoms with van der Waals surface area (Å²) in [6.07, 6.45) is 7.55. The Morgan fingerprint density at radius 3 is 2.53 bits per heavy atom. The van der Waals surface area contributed by atoms with Crippen LogP contribution >= 0.6 is 11.5 Å². The smallest absolute Gasteiger partial charge is 0.244 e. The molecule has 0 bridgehead atoms. The number of piperazine rings is 1. The highest BCUT2D eigenvalue weighted by atomic mass is 32.1. The predicted octanol–water partition coefficient (Wildman–Crippen LogP) is 5.33. The predicted molar refractivity (Wildman–Crippen MR) is 142 cm³/mol. The lowest BCUT2D eigenvalue weighted by Crippen LogP contribution is -2.49. The molecule has 2 fully saturated rings. The summed E-state index contributed by atoms with van der Waals surface area (Å²) in [7, 11) is 0. The van der Waals surface area contributed by atoms with Gasteiger partial charge in [-0.1, -0.05) is 25.0 Å². The molecule has 5 nitrogen and oxygen atoms in total. The van der Waals surface area contributed by atoms with Crippen molar-refractivity contribution in [1.29, 1.82) is 0 Å². The van der Waals surface area contributed by atoms with E-state index in [9.17, 15) is 13.6 Å². The molecule has 0 radical (unpaired) electrons. The number of nitrogens with zero attached hydrogens (tertiary/aromatic N) is 3. The van der Waals surface area contributed by atoms with E-state index in [1.807, 2.05) is 0 Å². The summed E-state index contributed by atoms with van der Waals surface area (Å²) in [5.41, 5.74) is 0.336. The van der Waals surface area contributed by atoms with Crippen molar-refractivity contribution < 1.29 is 13.6 Å². The molecule has 0 unspecified atom stereocenters. The first-order valence-corrected chi connectivity index (χ1v) is 13.6. The van der Waals surface area contributed by atoms with Crippen molar-refractivity contribution in [2.45, 2.75) is 25.7 Å². The highest BCUT2D eigenvalue weighted by Crippen LogP contribution is 2.32. The van der Waals surface area contributed by atoms with Crippen LogP contribution in [0.25, 0.3) is 16.2 Å². The SMILES string of the molecule is O=C(C=Cc1cc(F)cc(F)c1)NC[C@H]1CCCC[C@@H]1CN1CCN(c2nsc3ccccc23)CC1. The number of anilines is 1. The van der Waals surface area contributed by atoms with E-state index >= 15 is 0 Å². The molecule has 2 heterocycles. The van der Waals surface area contributed by atoms with E-state index in [4.69, 9.17) is 4.37 Å². The topological polar surface area (TPSA) is 48.5 Å². The molecule has 36 heavy (non-hydrogen) atoms. The molecule has 2 aromatic carbocycles. The number of carbonyl (C=O) groups is 1. The van der Waals surface area contributed by atoms with Crippen molar-refractivity contribution >= 4 is 39.4 Å². The van der Waals surface area contributed by atoms with E-state index in [1.54, 1.807) is 11.5 Å². The van der Waals surface area contributed by atoms with Crippen molar-refractivity contribution in [3.8, 4) is 0 Å². The fourth-order valence-electron chi connectivity index (χ4n) is 5.50. The second-order valence-corrected chi connectivity index (χ2v) is 10.7. The maximum atomic E-state index is 13.4. The van der Waals surface area contributed by atoms with Crippen LogP contribution in [0, 0.1) is 23.5 Å². The molecular weight excluding hydrogens is 478 g/mol.